The summed E-state index contributed by atoms with van der Waals surface area (Å²) >= 11 is 0. The van der Waals surface area contributed by atoms with Gasteiger partial charge in [0.15, 0.2) is 17.4 Å². The zero-order valence-corrected chi connectivity index (χ0v) is 18.5. The van der Waals surface area contributed by atoms with E-state index in [4.69, 9.17) is 9.47 Å². The highest BCUT2D eigenvalue weighted by Crippen LogP contribution is 2.52. The van der Waals surface area contributed by atoms with Crippen LogP contribution in [0.3, 0.4) is 0 Å². The molecule has 1 N–H and O–H groups in total. The second-order valence-corrected chi connectivity index (χ2v) is 9.54. The lowest BCUT2D eigenvalue weighted by molar-refractivity contribution is -0.0172. The number of halogens is 2. The number of hydrogen-bond donors (Lipinski definition) is 1. The number of aromatic nitrogens is 1. The molecule has 0 spiro atoms. The fraction of sp³-hybridized carbons (Fsp3) is 0.500. The minimum atomic E-state index is -0.821. The van der Waals surface area contributed by atoms with Gasteiger partial charge in [-0.15, -0.1) is 0 Å². The number of nitrogens with one attached hydrogen (secondary N) is 1. The van der Waals surface area contributed by atoms with Crippen molar-refractivity contribution < 1.29 is 23.0 Å². The van der Waals surface area contributed by atoms with Crippen LogP contribution in [0.25, 0.3) is 0 Å². The summed E-state index contributed by atoms with van der Waals surface area (Å²) in [5.74, 6) is -0.556. The number of hydrogen-bond acceptors (Lipinski definition) is 5. The van der Waals surface area contributed by atoms with Crippen molar-refractivity contribution in [2.24, 2.45) is 11.8 Å². The fourth-order valence-electron chi connectivity index (χ4n) is 4.87. The first-order valence-electron chi connectivity index (χ1n) is 11.0. The third-order valence-electron chi connectivity index (χ3n) is 6.89. The second kappa shape index (κ2) is 7.69. The highest BCUT2D eigenvalue weighted by molar-refractivity contribution is 6.03. The van der Waals surface area contributed by atoms with E-state index < -0.39 is 17.5 Å². The maximum atomic E-state index is 14.6. The predicted molar refractivity (Wildman–Crippen MR) is 116 cm³/mol. The molecule has 1 aromatic carbocycles. The van der Waals surface area contributed by atoms with Gasteiger partial charge in [-0.3, -0.25) is 4.79 Å². The van der Waals surface area contributed by atoms with E-state index in [1.807, 2.05) is 24.8 Å². The number of methoxy groups -OCH3 is 1. The average molecular weight is 443 g/mol. The van der Waals surface area contributed by atoms with Gasteiger partial charge in [-0.1, -0.05) is 6.07 Å². The zero-order valence-electron chi connectivity index (χ0n) is 18.5. The van der Waals surface area contributed by atoms with Crippen molar-refractivity contribution in [2.75, 3.05) is 30.4 Å². The molecule has 1 aliphatic heterocycles. The molecule has 0 bridgehead atoms. The van der Waals surface area contributed by atoms with E-state index in [2.05, 4.69) is 10.3 Å². The number of aryl methyl sites for hydroxylation is 1. The molecule has 1 aromatic heterocycles. The normalized spacial score (nSPS) is 25.2. The van der Waals surface area contributed by atoms with Gasteiger partial charge >= 0.3 is 0 Å². The Labute approximate surface area is 185 Å². The van der Waals surface area contributed by atoms with Gasteiger partial charge < -0.3 is 19.7 Å². The number of carbonyl (C=O) groups excluding carboxylic acids is 1. The molecule has 2 heterocycles. The van der Waals surface area contributed by atoms with Crippen molar-refractivity contribution in [1.82, 2.24) is 4.98 Å². The van der Waals surface area contributed by atoms with Crippen molar-refractivity contribution in [1.29, 1.82) is 0 Å². The van der Waals surface area contributed by atoms with Gasteiger partial charge in [0.2, 0.25) is 0 Å². The van der Waals surface area contributed by atoms with Crippen LogP contribution in [-0.4, -0.2) is 42.8 Å². The van der Waals surface area contributed by atoms with Gasteiger partial charge in [-0.25, -0.2) is 13.8 Å². The predicted octanol–water partition coefficient (Wildman–Crippen LogP) is 4.32. The second-order valence-electron chi connectivity index (χ2n) is 9.54. The van der Waals surface area contributed by atoms with Gasteiger partial charge in [0.05, 0.1) is 11.7 Å². The molecular weight excluding hydrogens is 416 g/mol. The Morgan fingerprint density at radius 3 is 2.44 bits per heavy atom. The molecule has 5 rings (SSSR count). The summed E-state index contributed by atoms with van der Waals surface area (Å²) in [6.45, 7) is 5.27. The molecule has 3 aliphatic rings. The van der Waals surface area contributed by atoms with E-state index in [1.165, 1.54) is 6.42 Å². The number of amides is 1. The van der Waals surface area contributed by atoms with Crippen LogP contribution in [0.15, 0.2) is 24.3 Å². The Bertz CT molecular complexity index is 1040. The van der Waals surface area contributed by atoms with E-state index in [0.717, 1.165) is 30.5 Å². The smallest absolute Gasteiger partial charge is 0.274 e. The Hall–Kier alpha value is -2.74. The molecular formula is C24H27F2N3O3. The summed E-state index contributed by atoms with van der Waals surface area (Å²) in [5, 5.41) is 2.54. The van der Waals surface area contributed by atoms with Gasteiger partial charge in [-0.05, 0) is 56.6 Å². The van der Waals surface area contributed by atoms with Crippen LogP contribution in [-0.2, 0) is 4.74 Å². The Morgan fingerprint density at radius 2 is 1.81 bits per heavy atom. The number of anilines is 2. The first-order chi connectivity index (χ1) is 15.2. The Kier molecular flexibility index (Phi) is 5.08. The number of rotatable bonds is 6. The number of ether oxygens (including phenoxy) is 2. The van der Waals surface area contributed by atoms with E-state index in [1.54, 1.807) is 13.2 Å². The highest BCUT2D eigenvalue weighted by Gasteiger charge is 2.47. The summed E-state index contributed by atoms with van der Waals surface area (Å²) in [7, 11) is 1.67. The van der Waals surface area contributed by atoms with Gasteiger partial charge in [-0.2, -0.15) is 0 Å². The third-order valence-corrected chi connectivity index (χ3v) is 6.89. The molecule has 170 valence electrons. The van der Waals surface area contributed by atoms with Crippen molar-refractivity contribution >= 4 is 17.4 Å². The van der Waals surface area contributed by atoms with Gasteiger partial charge in [0.1, 0.15) is 11.5 Å². The number of carbonyl (C=O) groups is 1. The minimum Gasteiger partial charge on any atom is -0.484 e. The molecule has 2 unspecified atom stereocenters. The van der Waals surface area contributed by atoms with Crippen LogP contribution in [0.5, 0.6) is 5.75 Å². The van der Waals surface area contributed by atoms with Crippen LogP contribution < -0.4 is 15.0 Å². The van der Waals surface area contributed by atoms with Crippen LogP contribution >= 0.6 is 0 Å². The van der Waals surface area contributed by atoms with Crippen LogP contribution in [0.2, 0.25) is 0 Å². The van der Waals surface area contributed by atoms with Crippen LogP contribution in [0.4, 0.5) is 20.3 Å². The summed E-state index contributed by atoms with van der Waals surface area (Å²) < 4.78 is 40.2. The SMILES string of the molecule is COC1(C)CN(c2nc(C(=O)Nc3cc(F)c(OC4CC5CC5C4)c(F)c3)ccc2C)C1. The molecule has 2 aliphatic carbocycles. The van der Waals surface area contributed by atoms with Crippen molar-refractivity contribution in [3.63, 3.8) is 0 Å². The van der Waals surface area contributed by atoms with E-state index >= 15 is 0 Å². The summed E-state index contributed by atoms with van der Waals surface area (Å²) in [5.41, 5.74) is 0.890. The number of benzene rings is 1. The van der Waals surface area contributed by atoms with Crippen molar-refractivity contribution in [2.45, 2.75) is 44.8 Å². The number of nitrogens with zero attached hydrogens (tertiary/aromatic N) is 2. The number of pyridine rings is 1. The molecule has 8 heteroatoms. The fourth-order valence-corrected chi connectivity index (χ4v) is 4.87. The van der Waals surface area contributed by atoms with Gasteiger partial charge in [0, 0.05) is 38.0 Å². The van der Waals surface area contributed by atoms with Crippen LogP contribution in [0, 0.1) is 30.4 Å². The molecule has 6 nitrogen and oxygen atoms in total. The third kappa shape index (κ3) is 3.92. The number of fused-ring (bicyclic) bond motifs is 1. The topological polar surface area (TPSA) is 63.7 Å². The average Bonchev–Trinajstić information content (AvgIpc) is 3.34. The summed E-state index contributed by atoms with van der Waals surface area (Å²) in [4.78, 5) is 19.2. The molecule has 32 heavy (non-hydrogen) atoms. The van der Waals surface area contributed by atoms with Gasteiger partial charge in [0.25, 0.3) is 5.91 Å². The first kappa shape index (κ1) is 21.1. The van der Waals surface area contributed by atoms with E-state index in [9.17, 15) is 13.6 Å². The van der Waals surface area contributed by atoms with E-state index in [0.29, 0.717) is 30.7 Å². The molecule has 3 fully saturated rings. The Balaban J connectivity index is 1.28. The minimum absolute atomic E-state index is 0.0199. The van der Waals surface area contributed by atoms with Crippen molar-refractivity contribution in [3.8, 4) is 5.75 Å². The first-order valence-corrected chi connectivity index (χ1v) is 11.0. The maximum absolute atomic E-state index is 14.6. The molecule has 2 atom stereocenters. The summed E-state index contributed by atoms with van der Waals surface area (Å²) in [6.07, 6.45) is 2.77. The molecule has 0 radical (unpaired) electrons. The monoisotopic (exact) mass is 443 g/mol. The molecule has 1 saturated heterocycles. The summed E-state index contributed by atoms with van der Waals surface area (Å²) in [6, 6.07) is 5.57. The molecule has 2 aromatic rings. The van der Waals surface area contributed by atoms with E-state index in [-0.39, 0.29) is 28.8 Å². The standard InChI is InChI=1S/C24H27F2N3O3/c1-13-4-5-20(28-22(13)29-11-24(2,12-29)31-3)23(30)27-16-9-18(25)21(19(26)10-16)32-17-7-14-6-15(14)8-17/h4-5,9-10,14-15,17H,6-8,11-12H2,1-3H3,(H,27,30). The lowest BCUT2D eigenvalue weighted by Gasteiger charge is -2.48. The molecule has 1 amide bonds. The highest BCUT2D eigenvalue weighted by atomic mass is 19.1. The van der Waals surface area contributed by atoms with Crippen molar-refractivity contribution in [3.05, 3.63) is 47.2 Å². The zero-order chi connectivity index (χ0) is 22.6. The lowest BCUT2D eigenvalue weighted by atomic mass is 9.96. The van der Waals surface area contributed by atoms with Crippen LogP contribution in [0.1, 0.15) is 42.2 Å². The quantitative estimate of drug-likeness (QED) is 0.720. The maximum Gasteiger partial charge on any atom is 0.274 e. The molecule has 2 saturated carbocycles. The Morgan fingerprint density at radius 1 is 1.16 bits per heavy atom. The largest absolute Gasteiger partial charge is 0.484 e. The lowest BCUT2D eigenvalue weighted by Crippen LogP contribution is -2.61.